The Bertz CT molecular complexity index is 401. The van der Waals surface area contributed by atoms with E-state index in [-0.39, 0.29) is 5.41 Å². The molecule has 0 unspecified atom stereocenters. The number of rotatable bonds is 7. The first-order valence-electron chi connectivity index (χ1n) is 7.17. The van der Waals surface area contributed by atoms with Crippen molar-refractivity contribution in [1.29, 1.82) is 0 Å². The molecule has 3 heteroatoms. The first-order valence-corrected chi connectivity index (χ1v) is 7.96. The molecule has 0 saturated carbocycles. The van der Waals surface area contributed by atoms with Gasteiger partial charge in [0.1, 0.15) is 0 Å². The van der Waals surface area contributed by atoms with Crippen molar-refractivity contribution in [2.45, 2.75) is 32.1 Å². The summed E-state index contributed by atoms with van der Waals surface area (Å²) >= 11 is 3.57. The van der Waals surface area contributed by atoms with E-state index < -0.39 is 0 Å². The summed E-state index contributed by atoms with van der Waals surface area (Å²) in [4.78, 5) is 0. The van der Waals surface area contributed by atoms with Crippen molar-refractivity contribution in [1.82, 2.24) is 5.32 Å². The highest BCUT2D eigenvalue weighted by Gasteiger charge is 2.38. The molecular formula is C16H24BrNO. The highest BCUT2D eigenvalue weighted by Crippen LogP contribution is 2.33. The van der Waals surface area contributed by atoms with Gasteiger partial charge in [-0.15, -0.1) is 0 Å². The Labute approximate surface area is 125 Å². The molecule has 19 heavy (non-hydrogen) atoms. The first-order chi connectivity index (χ1) is 9.12. The average molecular weight is 326 g/mol. The van der Waals surface area contributed by atoms with E-state index in [2.05, 4.69) is 59.4 Å². The lowest BCUT2D eigenvalue weighted by atomic mass is 9.73. The molecule has 1 aliphatic heterocycles. The van der Waals surface area contributed by atoms with Crippen LogP contribution in [0.1, 0.15) is 32.3 Å². The van der Waals surface area contributed by atoms with E-state index in [0.29, 0.717) is 0 Å². The lowest BCUT2D eigenvalue weighted by molar-refractivity contribution is 0.0921. The zero-order valence-corrected chi connectivity index (χ0v) is 13.5. The van der Waals surface area contributed by atoms with E-state index in [0.717, 1.165) is 49.5 Å². The van der Waals surface area contributed by atoms with Gasteiger partial charge in [0.15, 0.2) is 0 Å². The minimum Gasteiger partial charge on any atom is -0.381 e. The summed E-state index contributed by atoms with van der Waals surface area (Å²) in [5.74, 6) is 0.726. The molecule has 1 fully saturated rings. The Morgan fingerprint density at radius 1 is 1.32 bits per heavy atom. The summed E-state index contributed by atoms with van der Waals surface area (Å²) in [5, 5.41) is 3.41. The zero-order valence-electron chi connectivity index (χ0n) is 11.9. The topological polar surface area (TPSA) is 21.3 Å². The summed E-state index contributed by atoms with van der Waals surface area (Å²) in [6.07, 6.45) is 2.26. The van der Waals surface area contributed by atoms with Gasteiger partial charge in [-0.1, -0.05) is 41.9 Å². The third-order valence-electron chi connectivity index (χ3n) is 3.93. The van der Waals surface area contributed by atoms with Gasteiger partial charge in [0, 0.05) is 36.2 Å². The molecular weight excluding hydrogens is 302 g/mol. The summed E-state index contributed by atoms with van der Waals surface area (Å²) in [7, 11) is 0. The van der Waals surface area contributed by atoms with E-state index in [1.54, 1.807) is 0 Å². The minimum absolute atomic E-state index is 0.279. The summed E-state index contributed by atoms with van der Waals surface area (Å²) < 4.78 is 6.95. The molecule has 0 radical (unpaired) electrons. The van der Waals surface area contributed by atoms with Crippen LogP contribution >= 0.6 is 15.9 Å². The van der Waals surface area contributed by atoms with Gasteiger partial charge in [0.05, 0.1) is 0 Å². The van der Waals surface area contributed by atoms with E-state index in [4.69, 9.17) is 4.74 Å². The van der Waals surface area contributed by atoms with Crippen molar-refractivity contribution < 1.29 is 4.74 Å². The van der Waals surface area contributed by atoms with Gasteiger partial charge in [-0.25, -0.2) is 0 Å². The smallest absolute Gasteiger partial charge is 0.0475 e. The molecule has 2 rings (SSSR count). The van der Waals surface area contributed by atoms with Gasteiger partial charge in [-0.05, 0) is 36.5 Å². The van der Waals surface area contributed by atoms with Crippen LogP contribution in [0.5, 0.6) is 0 Å². The van der Waals surface area contributed by atoms with Crippen molar-refractivity contribution in [3.8, 4) is 0 Å². The Kier molecular flexibility index (Phi) is 5.43. The van der Waals surface area contributed by atoms with Gasteiger partial charge in [0.25, 0.3) is 0 Å². The van der Waals surface area contributed by atoms with E-state index in [1.807, 2.05) is 0 Å². The number of hydrogen-bond donors (Lipinski definition) is 1. The van der Waals surface area contributed by atoms with E-state index in [9.17, 15) is 0 Å². The lowest BCUT2D eigenvalue weighted by Crippen LogP contribution is -2.57. The maximum atomic E-state index is 5.79. The fourth-order valence-corrected chi connectivity index (χ4v) is 2.86. The second-order valence-electron chi connectivity index (χ2n) is 5.94. The molecule has 2 nitrogen and oxygen atoms in total. The molecule has 0 bridgehead atoms. The van der Waals surface area contributed by atoms with Crippen molar-refractivity contribution in [3.63, 3.8) is 0 Å². The molecule has 0 spiro atoms. The van der Waals surface area contributed by atoms with Crippen molar-refractivity contribution in [3.05, 3.63) is 34.3 Å². The molecule has 0 amide bonds. The third kappa shape index (κ3) is 4.04. The SMILES string of the molecule is CC(C)CCOCCC1(c2cccc(Br)c2)CNC1. The molecule has 106 valence electrons. The number of halogens is 1. The van der Waals surface area contributed by atoms with Gasteiger partial charge >= 0.3 is 0 Å². The molecule has 0 atom stereocenters. The van der Waals surface area contributed by atoms with Crippen LogP contribution in [0.25, 0.3) is 0 Å². The second kappa shape index (κ2) is 6.87. The number of ether oxygens (including phenoxy) is 1. The lowest BCUT2D eigenvalue weighted by Gasteiger charge is -2.43. The van der Waals surface area contributed by atoms with Gasteiger partial charge in [0.2, 0.25) is 0 Å². The highest BCUT2D eigenvalue weighted by molar-refractivity contribution is 9.10. The zero-order chi connectivity index (χ0) is 13.7. The molecule has 1 saturated heterocycles. The predicted molar refractivity (Wildman–Crippen MR) is 83.6 cm³/mol. The normalized spacial score (nSPS) is 17.5. The van der Waals surface area contributed by atoms with Gasteiger partial charge < -0.3 is 10.1 Å². The van der Waals surface area contributed by atoms with E-state index >= 15 is 0 Å². The molecule has 1 aliphatic rings. The van der Waals surface area contributed by atoms with Gasteiger partial charge in [-0.2, -0.15) is 0 Å². The second-order valence-corrected chi connectivity index (χ2v) is 6.85. The van der Waals surface area contributed by atoms with Crippen molar-refractivity contribution in [2.24, 2.45) is 5.92 Å². The molecule has 0 aliphatic carbocycles. The standard InChI is InChI=1S/C16H24BrNO/c1-13(2)6-8-19-9-7-16(11-18-12-16)14-4-3-5-15(17)10-14/h3-5,10,13,18H,6-9,11-12H2,1-2H3. The quantitative estimate of drug-likeness (QED) is 0.771. The van der Waals surface area contributed by atoms with Crippen LogP contribution in [-0.2, 0) is 10.2 Å². The third-order valence-corrected chi connectivity index (χ3v) is 4.42. The fraction of sp³-hybridized carbons (Fsp3) is 0.625. The number of hydrogen-bond acceptors (Lipinski definition) is 2. The molecule has 1 heterocycles. The number of benzene rings is 1. The summed E-state index contributed by atoms with van der Waals surface area (Å²) in [5.41, 5.74) is 1.70. The Morgan fingerprint density at radius 3 is 2.68 bits per heavy atom. The highest BCUT2D eigenvalue weighted by atomic mass is 79.9. The fourth-order valence-electron chi connectivity index (χ4n) is 2.46. The predicted octanol–water partition coefficient (Wildman–Crippen LogP) is 3.74. The molecule has 1 aromatic rings. The summed E-state index contributed by atoms with van der Waals surface area (Å²) in [6, 6.07) is 8.69. The molecule has 1 N–H and O–H groups in total. The Balaban J connectivity index is 1.85. The summed E-state index contributed by atoms with van der Waals surface area (Å²) in [6.45, 7) is 8.36. The number of nitrogens with one attached hydrogen (secondary N) is 1. The molecule has 1 aromatic carbocycles. The van der Waals surface area contributed by atoms with Gasteiger partial charge in [-0.3, -0.25) is 0 Å². The van der Waals surface area contributed by atoms with E-state index in [1.165, 1.54) is 5.56 Å². The largest absolute Gasteiger partial charge is 0.381 e. The minimum atomic E-state index is 0.279. The maximum absolute atomic E-state index is 5.79. The average Bonchev–Trinajstić information content (AvgIpc) is 2.31. The Hall–Kier alpha value is -0.380. The Morgan fingerprint density at radius 2 is 2.11 bits per heavy atom. The van der Waals surface area contributed by atoms with Crippen LogP contribution in [0, 0.1) is 5.92 Å². The van der Waals surface area contributed by atoms with Crippen molar-refractivity contribution in [2.75, 3.05) is 26.3 Å². The van der Waals surface area contributed by atoms with Crippen LogP contribution in [0.2, 0.25) is 0 Å². The van der Waals surface area contributed by atoms with Crippen LogP contribution in [0.15, 0.2) is 28.7 Å². The van der Waals surface area contributed by atoms with Crippen LogP contribution in [0.3, 0.4) is 0 Å². The van der Waals surface area contributed by atoms with Crippen molar-refractivity contribution >= 4 is 15.9 Å². The van der Waals surface area contributed by atoms with Crippen LogP contribution in [0.4, 0.5) is 0 Å². The monoisotopic (exact) mass is 325 g/mol. The van der Waals surface area contributed by atoms with Crippen LogP contribution in [-0.4, -0.2) is 26.3 Å². The first kappa shape index (κ1) is 15.0. The molecule has 0 aromatic heterocycles. The van der Waals surface area contributed by atoms with Crippen LogP contribution < -0.4 is 5.32 Å². The maximum Gasteiger partial charge on any atom is 0.0475 e.